The number of amides is 5. The first-order valence-electron chi connectivity index (χ1n) is 18.4. The molecule has 52 heavy (non-hydrogen) atoms. The van der Waals surface area contributed by atoms with Crippen LogP contribution in [0.5, 0.6) is 0 Å². The third kappa shape index (κ3) is 8.87. The fourth-order valence-electron chi connectivity index (χ4n) is 7.89. The number of nitrogens with zero attached hydrogens (tertiary/aromatic N) is 2. The smallest absolute Gasteiger partial charge is 0.315 e. The number of likely N-dealkylation sites (N-methyl/N-ethyl adjacent to an activating group) is 1. The van der Waals surface area contributed by atoms with E-state index in [0.717, 1.165) is 11.1 Å². The summed E-state index contributed by atoms with van der Waals surface area (Å²) in [5.41, 5.74) is 1.42. The number of rotatable bonds is 16. The molecule has 6 atom stereocenters. The summed E-state index contributed by atoms with van der Waals surface area (Å²) >= 11 is 0. The fourth-order valence-corrected chi connectivity index (χ4v) is 8.71. The average Bonchev–Trinajstić information content (AvgIpc) is 3.44. The van der Waals surface area contributed by atoms with Gasteiger partial charge < -0.3 is 26.2 Å². The number of sulfonamides is 1. The molecule has 0 spiro atoms. The lowest BCUT2D eigenvalue weighted by atomic mass is 9.86. The molecule has 0 bridgehead atoms. The summed E-state index contributed by atoms with van der Waals surface area (Å²) in [6.07, 6.45) is 3.34. The van der Waals surface area contributed by atoms with Gasteiger partial charge in [-0.15, -0.1) is 6.58 Å². The van der Waals surface area contributed by atoms with Gasteiger partial charge in [0, 0.05) is 32.7 Å². The summed E-state index contributed by atoms with van der Waals surface area (Å²) in [4.78, 5) is 70.0. The van der Waals surface area contributed by atoms with Gasteiger partial charge in [0.2, 0.25) is 27.6 Å². The molecule has 2 fully saturated rings. The van der Waals surface area contributed by atoms with Gasteiger partial charge in [-0.25, -0.2) is 17.5 Å². The molecule has 0 radical (unpaired) electrons. The van der Waals surface area contributed by atoms with Crippen molar-refractivity contribution in [2.75, 3.05) is 32.4 Å². The number of urea groups is 1. The molecule has 5 amide bonds. The number of hydrogen-bond donors (Lipinski definition) is 4. The number of nitrogens with one attached hydrogen (secondary N) is 4. The van der Waals surface area contributed by atoms with Crippen molar-refractivity contribution in [3.05, 3.63) is 48.0 Å². The van der Waals surface area contributed by atoms with E-state index in [4.69, 9.17) is 0 Å². The van der Waals surface area contributed by atoms with Gasteiger partial charge in [-0.3, -0.25) is 19.2 Å². The number of ketones is 1. The summed E-state index contributed by atoms with van der Waals surface area (Å²) in [6.45, 7) is 17.3. The quantitative estimate of drug-likeness (QED) is 0.149. The summed E-state index contributed by atoms with van der Waals surface area (Å²) in [7, 11) is -2.03. The lowest BCUT2D eigenvalue weighted by Crippen LogP contribution is -2.61. The number of fused-ring (bicyclic) bond motifs is 2. The Balaban J connectivity index is 1.61. The Labute approximate surface area is 309 Å². The fraction of sp³-hybridized carbons (Fsp3) is 0.658. The van der Waals surface area contributed by atoms with Crippen molar-refractivity contribution in [2.45, 2.75) is 98.3 Å². The molecular weight excluding hydrogens is 685 g/mol. The maximum atomic E-state index is 14.8. The molecular formula is C38H58N6O7S. The Bertz CT molecular complexity index is 1630. The van der Waals surface area contributed by atoms with Crippen LogP contribution >= 0.6 is 0 Å². The predicted octanol–water partition coefficient (Wildman–Crippen LogP) is 2.40. The van der Waals surface area contributed by atoms with Crippen molar-refractivity contribution in [3.63, 3.8) is 0 Å². The van der Waals surface area contributed by atoms with Crippen LogP contribution in [0.1, 0.15) is 72.4 Å². The number of piperidine rings is 1. The van der Waals surface area contributed by atoms with E-state index in [0.29, 0.717) is 25.8 Å². The minimum atomic E-state index is -3.52. The van der Waals surface area contributed by atoms with Gasteiger partial charge in [-0.1, -0.05) is 78.3 Å². The monoisotopic (exact) mass is 742 g/mol. The zero-order valence-electron chi connectivity index (χ0n) is 32.0. The SMILES string of the molecule is C=CCNC(=O)C(=O)C(CCC)NC(=O)[C@@H]1C2[C@H](CN1C(=O)[C@@H](NC(=O)N[C@H](CN(C)S(=O)(=O)CC)C(C)(C)C)C1Cc3ccccc3C1)C2(C)C. The molecule has 14 heteroatoms. The van der Waals surface area contributed by atoms with E-state index in [1.807, 2.05) is 52.0 Å². The molecule has 3 aliphatic rings. The average molecular weight is 743 g/mol. The van der Waals surface area contributed by atoms with Crippen LogP contribution in [0.4, 0.5) is 4.79 Å². The van der Waals surface area contributed by atoms with Gasteiger partial charge in [0.15, 0.2) is 0 Å². The first kappa shape index (κ1) is 41.0. The Morgan fingerprint density at radius 2 is 1.65 bits per heavy atom. The Hall–Kier alpha value is -3.78. The van der Waals surface area contributed by atoms with Crippen molar-refractivity contribution in [1.82, 2.24) is 30.5 Å². The highest BCUT2D eigenvalue weighted by Gasteiger charge is 2.69. The van der Waals surface area contributed by atoms with Crippen LogP contribution in [0.25, 0.3) is 0 Å². The highest BCUT2D eigenvalue weighted by molar-refractivity contribution is 7.89. The van der Waals surface area contributed by atoms with E-state index >= 15 is 0 Å². The number of hydrogen-bond acceptors (Lipinski definition) is 7. The number of carbonyl (C=O) groups is 5. The lowest BCUT2D eigenvalue weighted by molar-refractivity contribution is -0.144. The molecule has 1 saturated carbocycles. The molecule has 2 aliphatic carbocycles. The van der Waals surface area contributed by atoms with E-state index in [1.165, 1.54) is 17.4 Å². The van der Waals surface area contributed by atoms with Crippen LogP contribution in [-0.4, -0.2) is 104 Å². The summed E-state index contributed by atoms with van der Waals surface area (Å²) in [6, 6.07) is 3.73. The van der Waals surface area contributed by atoms with E-state index in [-0.39, 0.29) is 48.4 Å². The van der Waals surface area contributed by atoms with Crippen molar-refractivity contribution < 1.29 is 32.4 Å². The third-order valence-corrected chi connectivity index (χ3v) is 13.2. The largest absolute Gasteiger partial charge is 0.346 e. The van der Waals surface area contributed by atoms with Crippen LogP contribution in [0, 0.1) is 28.6 Å². The van der Waals surface area contributed by atoms with Gasteiger partial charge in [0.05, 0.1) is 11.8 Å². The summed E-state index contributed by atoms with van der Waals surface area (Å²) < 4.78 is 26.4. The number of benzene rings is 1. The van der Waals surface area contributed by atoms with Crippen molar-refractivity contribution in [1.29, 1.82) is 0 Å². The normalized spacial score (nSPS) is 22.4. The Kier molecular flexibility index (Phi) is 12.7. The number of carbonyl (C=O) groups excluding carboxylic acids is 5. The van der Waals surface area contributed by atoms with Crippen LogP contribution in [-0.2, 0) is 42.0 Å². The predicted molar refractivity (Wildman–Crippen MR) is 199 cm³/mol. The molecule has 13 nitrogen and oxygen atoms in total. The summed E-state index contributed by atoms with van der Waals surface area (Å²) in [5.74, 6) is -2.97. The zero-order chi connectivity index (χ0) is 38.8. The summed E-state index contributed by atoms with van der Waals surface area (Å²) in [5, 5.41) is 11.2. The minimum absolute atomic E-state index is 0.0383. The van der Waals surface area contributed by atoms with Crippen LogP contribution in [0.3, 0.4) is 0 Å². The molecule has 4 rings (SSSR count). The molecule has 1 aromatic rings. The van der Waals surface area contributed by atoms with Crippen LogP contribution in [0.2, 0.25) is 0 Å². The standard InChI is InChI=1S/C38H58N6O7S/c1-10-15-27(32(45)34(47)39-18-11-2)40-33(46)31-29-26(38(29,7)8)21-44(31)35(48)30(25-19-23-16-13-14-17-24(23)20-25)42-36(49)41-28(37(4,5)6)22-43(9)52(50,51)12-3/h11,13-14,16-17,25-31H,2,10,12,15,18-22H2,1,3-9H3,(H,39,47)(H,40,46)(H2,41,42,49)/t26-,27?,28+,29?,30-,31-/m0/s1. The van der Waals surface area contributed by atoms with E-state index in [9.17, 15) is 32.4 Å². The van der Waals surface area contributed by atoms with E-state index in [1.54, 1.807) is 11.8 Å². The Morgan fingerprint density at radius 1 is 1.04 bits per heavy atom. The zero-order valence-corrected chi connectivity index (χ0v) is 32.8. The molecule has 4 N–H and O–H groups in total. The van der Waals surface area contributed by atoms with Gasteiger partial charge in [-0.2, -0.15) is 0 Å². The number of Topliss-reactive ketones (excluding diaryl/α,β-unsaturated/α-hetero) is 1. The first-order chi connectivity index (χ1) is 24.3. The van der Waals surface area contributed by atoms with E-state index in [2.05, 4.69) is 41.7 Å². The van der Waals surface area contributed by atoms with Crippen molar-refractivity contribution in [2.24, 2.45) is 28.6 Å². The maximum Gasteiger partial charge on any atom is 0.315 e. The van der Waals surface area contributed by atoms with Gasteiger partial charge in [-0.05, 0) is 65.9 Å². The van der Waals surface area contributed by atoms with Crippen LogP contribution in [0.15, 0.2) is 36.9 Å². The molecule has 1 aliphatic heterocycles. The second-order valence-electron chi connectivity index (χ2n) is 16.2. The minimum Gasteiger partial charge on any atom is -0.346 e. The second-order valence-corrected chi connectivity index (χ2v) is 18.6. The third-order valence-electron chi connectivity index (χ3n) is 11.3. The maximum absolute atomic E-state index is 14.8. The van der Waals surface area contributed by atoms with Gasteiger partial charge in [0.25, 0.3) is 5.91 Å². The van der Waals surface area contributed by atoms with Gasteiger partial charge >= 0.3 is 6.03 Å². The highest BCUT2D eigenvalue weighted by Crippen LogP contribution is 2.65. The van der Waals surface area contributed by atoms with Crippen molar-refractivity contribution >= 4 is 39.6 Å². The topological polar surface area (TPSA) is 174 Å². The second kappa shape index (κ2) is 16.1. The van der Waals surface area contributed by atoms with E-state index < -0.39 is 69.1 Å². The molecule has 1 aromatic carbocycles. The molecule has 288 valence electrons. The molecule has 1 saturated heterocycles. The lowest BCUT2D eigenvalue weighted by Gasteiger charge is -2.37. The number of likely N-dealkylation sites (tertiary alicyclic amines) is 1. The van der Waals surface area contributed by atoms with Gasteiger partial charge in [0.1, 0.15) is 12.1 Å². The molecule has 2 unspecified atom stereocenters. The highest BCUT2D eigenvalue weighted by atomic mass is 32.2. The van der Waals surface area contributed by atoms with Crippen molar-refractivity contribution in [3.8, 4) is 0 Å². The van der Waals surface area contributed by atoms with Crippen LogP contribution < -0.4 is 21.3 Å². The Morgan fingerprint density at radius 3 is 2.19 bits per heavy atom. The molecule has 0 aromatic heterocycles. The first-order valence-corrected chi connectivity index (χ1v) is 20.0. The molecule has 1 heterocycles.